The highest BCUT2D eigenvalue weighted by Crippen LogP contribution is 2.16. The van der Waals surface area contributed by atoms with Gasteiger partial charge in [-0.15, -0.1) is 0 Å². The smallest absolute Gasteiger partial charge is 0.0466 e. The van der Waals surface area contributed by atoms with Crippen molar-refractivity contribution in [3.05, 3.63) is 24.3 Å². The summed E-state index contributed by atoms with van der Waals surface area (Å²) in [6, 6.07) is 0. The Morgan fingerprint density at radius 2 is 0.333 bits per heavy atom. The average Bonchev–Trinajstić information content (AvgIpc) is 3.26. The van der Waals surface area contributed by atoms with Gasteiger partial charge >= 0.3 is 0 Å². The zero-order valence-electron chi connectivity index (χ0n) is 41.9. The fraction of sp³-hybridized carbons (Fsp3) is 0.931. The molecule has 0 radical (unpaired) electrons. The van der Waals surface area contributed by atoms with Crippen molar-refractivity contribution in [2.45, 2.75) is 322 Å². The van der Waals surface area contributed by atoms with Crippen molar-refractivity contribution in [2.24, 2.45) is 0 Å². The van der Waals surface area contributed by atoms with Crippen LogP contribution < -0.4 is 0 Å². The van der Waals surface area contributed by atoms with Crippen LogP contribution in [0.2, 0.25) is 0 Å². The Kier molecular flexibility index (Phi) is 57.8. The first-order chi connectivity index (χ1) is 29.9. The van der Waals surface area contributed by atoms with Gasteiger partial charge in [-0.3, -0.25) is 0 Å². The van der Waals surface area contributed by atoms with E-state index in [1.165, 1.54) is 308 Å². The van der Waals surface area contributed by atoms with Crippen LogP contribution in [0.15, 0.2) is 24.3 Å². The Morgan fingerprint density at radius 3 is 0.517 bits per heavy atom. The van der Waals surface area contributed by atoms with Crippen LogP contribution in [0, 0.1) is 0 Å². The second-order valence-corrected chi connectivity index (χ2v) is 19.2. The molecule has 0 heterocycles. The van der Waals surface area contributed by atoms with E-state index < -0.39 is 0 Å². The first-order valence-corrected chi connectivity index (χ1v) is 28.4. The molecule has 0 bridgehead atoms. The number of unbranched alkanes of at least 4 members (excludes halogenated alkanes) is 43. The molecule has 0 N–H and O–H groups in total. The van der Waals surface area contributed by atoms with E-state index in [0.29, 0.717) is 0 Å². The van der Waals surface area contributed by atoms with Gasteiger partial charge in [-0.2, -0.15) is 0 Å². The number of hydrogen-bond donors (Lipinski definition) is 0. The van der Waals surface area contributed by atoms with Crippen LogP contribution in [0.25, 0.3) is 0 Å². The van der Waals surface area contributed by atoms with E-state index >= 15 is 0 Å². The lowest BCUT2D eigenvalue weighted by Crippen LogP contribution is -1.97. The average molecular weight is 844 g/mol. The Morgan fingerprint density at radius 1 is 0.183 bits per heavy atom. The lowest BCUT2D eigenvalue weighted by Gasteiger charge is -2.06. The molecule has 358 valence electrons. The SMILES string of the molecule is CCCCCCCC/C=C\CCCCCCCCOCCCCCCCCCCCCCCCCCCCCCCOCCCCCCCC/C=C\CCCCCCCC. The van der Waals surface area contributed by atoms with E-state index in [2.05, 4.69) is 38.2 Å². The van der Waals surface area contributed by atoms with E-state index in [9.17, 15) is 0 Å². The Hall–Kier alpha value is -0.600. The highest BCUT2D eigenvalue weighted by molar-refractivity contribution is 4.82. The normalized spacial score (nSPS) is 12.0. The predicted molar refractivity (Wildman–Crippen MR) is 273 cm³/mol. The largest absolute Gasteiger partial charge is 0.381 e. The van der Waals surface area contributed by atoms with Crippen molar-refractivity contribution >= 4 is 0 Å². The molecular formula is C58H114O2. The topological polar surface area (TPSA) is 18.5 Å². The molecule has 2 heteroatoms. The van der Waals surface area contributed by atoms with E-state index in [1.54, 1.807) is 0 Å². The highest BCUT2D eigenvalue weighted by atomic mass is 16.5. The molecule has 0 rings (SSSR count). The lowest BCUT2D eigenvalue weighted by molar-refractivity contribution is 0.125. The highest BCUT2D eigenvalue weighted by Gasteiger charge is 1.98. The van der Waals surface area contributed by atoms with Crippen molar-refractivity contribution in [1.82, 2.24) is 0 Å². The van der Waals surface area contributed by atoms with Crippen LogP contribution in [-0.4, -0.2) is 26.4 Å². The zero-order valence-corrected chi connectivity index (χ0v) is 41.9. The van der Waals surface area contributed by atoms with Crippen LogP contribution >= 0.6 is 0 Å². The fourth-order valence-electron chi connectivity index (χ4n) is 8.70. The summed E-state index contributed by atoms with van der Waals surface area (Å²) in [7, 11) is 0. The standard InChI is InChI=1S/C58H114O2/c1-3-5-7-9-11-13-15-17-19-27-31-35-39-43-47-51-55-59-57-53-49-45-41-37-33-29-25-23-21-22-24-26-30-34-38-42-46-50-54-58-60-56-52-48-44-40-36-32-28-20-18-16-14-12-10-8-6-4-2/h17-20H,3-16,21-58H2,1-2H3/b19-17-,20-18-. The van der Waals surface area contributed by atoms with Gasteiger partial charge in [-0.05, 0) is 77.0 Å². The fourth-order valence-corrected chi connectivity index (χ4v) is 8.70. The Labute approximate surface area is 380 Å². The molecule has 0 aromatic rings. The second kappa shape index (κ2) is 58.4. The molecule has 0 aliphatic carbocycles. The van der Waals surface area contributed by atoms with Crippen LogP contribution in [0.5, 0.6) is 0 Å². The molecule has 0 atom stereocenters. The van der Waals surface area contributed by atoms with Crippen molar-refractivity contribution in [1.29, 1.82) is 0 Å². The molecule has 0 saturated heterocycles. The number of allylic oxidation sites excluding steroid dienone is 4. The van der Waals surface area contributed by atoms with Crippen molar-refractivity contribution in [2.75, 3.05) is 26.4 Å². The van der Waals surface area contributed by atoms with Gasteiger partial charge in [0, 0.05) is 26.4 Å². The summed E-state index contributed by atoms with van der Waals surface area (Å²) in [5, 5.41) is 0. The molecule has 0 saturated carbocycles. The molecule has 0 aromatic carbocycles. The maximum absolute atomic E-state index is 5.91. The Balaban J connectivity index is 3.09. The first kappa shape index (κ1) is 59.4. The van der Waals surface area contributed by atoms with Crippen molar-refractivity contribution < 1.29 is 9.47 Å². The van der Waals surface area contributed by atoms with Crippen molar-refractivity contribution in [3.8, 4) is 0 Å². The van der Waals surface area contributed by atoms with Gasteiger partial charge < -0.3 is 9.47 Å². The van der Waals surface area contributed by atoms with E-state index in [1.807, 2.05) is 0 Å². The van der Waals surface area contributed by atoms with Gasteiger partial charge in [0.1, 0.15) is 0 Å². The summed E-state index contributed by atoms with van der Waals surface area (Å²) >= 11 is 0. The number of rotatable bonds is 55. The molecular weight excluding hydrogens is 729 g/mol. The minimum Gasteiger partial charge on any atom is -0.381 e. The van der Waals surface area contributed by atoms with Gasteiger partial charge in [0.25, 0.3) is 0 Å². The summed E-state index contributed by atoms with van der Waals surface area (Å²) in [5.74, 6) is 0. The molecule has 0 aliphatic rings. The van der Waals surface area contributed by atoms with Gasteiger partial charge in [-0.1, -0.05) is 269 Å². The molecule has 60 heavy (non-hydrogen) atoms. The number of ether oxygens (including phenoxy) is 2. The summed E-state index contributed by atoms with van der Waals surface area (Å²) in [6.45, 7) is 8.53. The molecule has 0 unspecified atom stereocenters. The zero-order chi connectivity index (χ0) is 43.0. The maximum atomic E-state index is 5.91. The summed E-state index contributed by atoms with van der Waals surface area (Å²) in [5.41, 5.74) is 0. The Bertz CT molecular complexity index is 709. The van der Waals surface area contributed by atoms with Gasteiger partial charge in [0.15, 0.2) is 0 Å². The second-order valence-electron chi connectivity index (χ2n) is 19.2. The minimum absolute atomic E-state index is 0.983. The van der Waals surface area contributed by atoms with Crippen LogP contribution in [0.3, 0.4) is 0 Å². The molecule has 0 spiro atoms. The van der Waals surface area contributed by atoms with Crippen molar-refractivity contribution in [3.63, 3.8) is 0 Å². The molecule has 0 aliphatic heterocycles. The quantitative estimate of drug-likeness (QED) is 0.0449. The third-order valence-corrected chi connectivity index (χ3v) is 12.9. The summed E-state index contributed by atoms with van der Waals surface area (Å²) < 4.78 is 11.8. The van der Waals surface area contributed by atoms with Gasteiger partial charge in [0.2, 0.25) is 0 Å². The molecule has 0 aromatic heterocycles. The lowest BCUT2D eigenvalue weighted by atomic mass is 10.0. The van der Waals surface area contributed by atoms with E-state index in [0.717, 1.165) is 26.4 Å². The monoisotopic (exact) mass is 843 g/mol. The molecule has 0 fully saturated rings. The van der Waals surface area contributed by atoms with E-state index in [4.69, 9.17) is 9.47 Å². The minimum atomic E-state index is 0.983. The number of hydrogen-bond acceptors (Lipinski definition) is 2. The predicted octanol–water partition coefficient (Wildman–Crippen LogP) is 20.9. The van der Waals surface area contributed by atoms with Crippen LogP contribution in [0.1, 0.15) is 322 Å². The van der Waals surface area contributed by atoms with Crippen LogP contribution in [0.4, 0.5) is 0 Å². The first-order valence-electron chi connectivity index (χ1n) is 28.4. The summed E-state index contributed by atoms with van der Waals surface area (Å²) in [6.07, 6.45) is 76.6. The van der Waals surface area contributed by atoms with E-state index in [-0.39, 0.29) is 0 Å². The maximum Gasteiger partial charge on any atom is 0.0466 e. The third kappa shape index (κ3) is 57.4. The van der Waals surface area contributed by atoms with Crippen LogP contribution in [-0.2, 0) is 9.47 Å². The molecule has 0 amide bonds. The van der Waals surface area contributed by atoms with Gasteiger partial charge in [-0.25, -0.2) is 0 Å². The summed E-state index contributed by atoms with van der Waals surface area (Å²) in [4.78, 5) is 0. The molecule has 2 nitrogen and oxygen atoms in total. The van der Waals surface area contributed by atoms with Gasteiger partial charge in [0.05, 0.1) is 0 Å². The third-order valence-electron chi connectivity index (χ3n) is 12.9.